The predicted octanol–water partition coefficient (Wildman–Crippen LogP) is 1.65. The maximum absolute atomic E-state index is 11.0. The minimum atomic E-state index is -1.59. The molecule has 0 radical (unpaired) electrons. The fraction of sp³-hybridized carbons (Fsp3) is 0.286. The topological polar surface area (TPSA) is 84.6 Å². The summed E-state index contributed by atoms with van der Waals surface area (Å²) in [5, 5.41) is 16.4. The van der Waals surface area contributed by atoms with Crippen LogP contribution in [-0.4, -0.2) is 23.3 Å². The number of hydrogen-bond donors (Lipinski definition) is 2. The average molecular weight is 276 g/mol. The van der Waals surface area contributed by atoms with E-state index in [1.807, 2.05) is 12.1 Å². The van der Waals surface area contributed by atoms with E-state index in [9.17, 15) is 9.90 Å². The molecule has 0 fully saturated rings. The highest BCUT2D eigenvalue weighted by Crippen LogP contribution is 2.26. The Kier molecular flexibility index (Phi) is 3.76. The van der Waals surface area contributed by atoms with Crippen LogP contribution < -0.4 is 10.1 Å². The summed E-state index contributed by atoms with van der Waals surface area (Å²) in [7, 11) is 1.59. The molecule has 0 spiro atoms. The van der Waals surface area contributed by atoms with Gasteiger partial charge in [-0.3, -0.25) is 4.79 Å². The van der Waals surface area contributed by atoms with Crippen molar-refractivity contribution in [1.29, 1.82) is 0 Å². The van der Waals surface area contributed by atoms with Crippen molar-refractivity contribution in [2.45, 2.75) is 19.6 Å². The van der Waals surface area contributed by atoms with Crippen molar-refractivity contribution < 1.29 is 19.2 Å². The van der Waals surface area contributed by atoms with E-state index in [1.165, 1.54) is 13.8 Å². The van der Waals surface area contributed by atoms with Crippen molar-refractivity contribution in [2.24, 2.45) is 0 Å². The third-order valence-corrected chi connectivity index (χ3v) is 2.80. The Balaban J connectivity index is 2.25. The summed E-state index contributed by atoms with van der Waals surface area (Å²) in [5.74, 6) is 0.540. The fourth-order valence-electron chi connectivity index (χ4n) is 1.81. The number of benzene rings is 1. The standard InChI is InChI=1S/C14H16N2O4/c1-9(17)15-14(2,18)13-8-12(16-20-13)10-4-6-11(19-3)7-5-10/h4-8,18H,1-3H3,(H,15,17)/t14-/m0/s1. The van der Waals surface area contributed by atoms with Crippen LogP contribution in [0.5, 0.6) is 5.75 Å². The Morgan fingerprint density at radius 2 is 2.05 bits per heavy atom. The molecule has 106 valence electrons. The van der Waals surface area contributed by atoms with Gasteiger partial charge in [0.1, 0.15) is 11.4 Å². The van der Waals surface area contributed by atoms with Crippen LogP contribution >= 0.6 is 0 Å². The summed E-state index contributed by atoms with van der Waals surface area (Å²) in [6.07, 6.45) is 0. The van der Waals surface area contributed by atoms with Crippen LogP contribution in [-0.2, 0) is 10.5 Å². The van der Waals surface area contributed by atoms with E-state index < -0.39 is 5.72 Å². The van der Waals surface area contributed by atoms with Gasteiger partial charge in [0, 0.05) is 18.6 Å². The van der Waals surface area contributed by atoms with Crippen molar-refractivity contribution in [3.05, 3.63) is 36.1 Å². The molecule has 0 saturated heterocycles. The lowest BCUT2D eigenvalue weighted by molar-refractivity contribution is -0.127. The second kappa shape index (κ2) is 5.34. The van der Waals surface area contributed by atoms with Gasteiger partial charge in [0.15, 0.2) is 11.5 Å². The van der Waals surface area contributed by atoms with E-state index >= 15 is 0 Å². The minimum absolute atomic E-state index is 0.165. The number of hydrogen-bond acceptors (Lipinski definition) is 5. The summed E-state index contributed by atoms with van der Waals surface area (Å²) < 4.78 is 10.2. The van der Waals surface area contributed by atoms with E-state index in [2.05, 4.69) is 10.5 Å². The van der Waals surface area contributed by atoms with Crippen LogP contribution in [0.3, 0.4) is 0 Å². The van der Waals surface area contributed by atoms with E-state index in [4.69, 9.17) is 9.26 Å². The minimum Gasteiger partial charge on any atom is -0.497 e. The molecule has 0 bridgehead atoms. The Labute approximate surface area is 116 Å². The number of aliphatic hydroxyl groups is 1. The van der Waals surface area contributed by atoms with Gasteiger partial charge in [-0.2, -0.15) is 0 Å². The second-order valence-corrected chi connectivity index (χ2v) is 4.56. The lowest BCUT2D eigenvalue weighted by Gasteiger charge is -2.20. The fourth-order valence-corrected chi connectivity index (χ4v) is 1.81. The zero-order valence-corrected chi connectivity index (χ0v) is 11.5. The highest BCUT2D eigenvalue weighted by atomic mass is 16.5. The molecule has 1 aromatic carbocycles. The third-order valence-electron chi connectivity index (χ3n) is 2.80. The molecular formula is C14H16N2O4. The Hall–Kier alpha value is -2.34. The zero-order chi connectivity index (χ0) is 14.8. The van der Waals surface area contributed by atoms with Gasteiger partial charge in [-0.1, -0.05) is 5.16 Å². The van der Waals surface area contributed by atoms with Crippen LogP contribution in [0.15, 0.2) is 34.9 Å². The Morgan fingerprint density at radius 1 is 1.40 bits per heavy atom. The van der Waals surface area contributed by atoms with E-state index in [0.29, 0.717) is 5.69 Å². The third kappa shape index (κ3) is 2.97. The normalized spacial score (nSPS) is 13.6. The number of nitrogens with zero attached hydrogens (tertiary/aromatic N) is 1. The molecule has 0 aliphatic carbocycles. The van der Waals surface area contributed by atoms with E-state index in [1.54, 1.807) is 25.3 Å². The zero-order valence-electron chi connectivity index (χ0n) is 11.5. The average Bonchev–Trinajstić information content (AvgIpc) is 2.88. The molecule has 6 nitrogen and oxygen atoms in total. The number of carbonyl (C=O) groups excluding carboxylic acids is 1. The maximum atomic E-state index is 11.0. The van der Waals surface area contributed by atoms with Gasteiger partial charge in [-0.05, 0) is 31.2 Å². The highest BCUT2D eigenvalue weighted by molar-refractivity contribution is 5.73. The number of ether oxygens (including phenoxy) is 1. The molecule has 2 aromatic rings. The van der Waals surface area contributed by atoms with Gasteiger partial charge in [-0.25, -0.2) is 0 Å². The van der Waals surface area contributed by atoms with Crippen LogP contribution in [0.4, 0.5) is 0 Å². The molecule has 1 aromatic heterocycles. The maximum Gasteiger partial charge on any atom is 0.219 e. The van der Waals surface area contributed by atoms with Crippen LogP contribution in [0.1, 0.15) is 19.6 Å². The first-order valence-corrected chi connectivity index (χ1v) is 6.05. The highest BCUT2D eigenvalue weighted by Gasteiger charge is 2.29. The van der Waals surface area contributed by atoms with Gasteiger partial charge in [0.05, 0.1) is 7.11 Å². The largest absolute Gasteiger partial charge is 0.497 e. The van der Waals surface area contributed by atoms with E-state index in [-0.39, 0.29) is 11.7 Å². The smallest absolute Gasteiger partial charge is 0.219 e. The van der Waals surface area contributed by atoms with Crippen molar-refractivity contribution >= 4 is 5.91 Å². The first kappa shape index (κ1) is 14.1. The van der Waals surface area contributed by atoms with Crippen LogP contribution in [0, 0.1) is 0 Å². The SMILES string of the molecule is COc1ccc(-c2cc([C@](C)(O)NC(C)=O)on2)cc1. The molecule has 20 heavy (non-hydrogen) atoms. The molecular weight excluding hydrogens is 260 g/mol. The molecule has 0 saturated carbocycles. The molecule has 2 N–H and O–H groups in total. The van der Waals surface area contributed by atoms with Gasteiger partial charge in [-0.15, -0.1) is 0 Å². The lowest BCUT2D eigenvalue weighted by Crippen LogP contribution is -2.41. The predicted molar refractivity (Wildman–Crippen MR) is 71.9 cm³/mol. The van der Waals surface area contributed by atoms with E-state index in [0.717, 1.165) is 11.3 Å². The molecule has 0 aliphatic heterocycles. The monoisotopic (exact) mass is 276 g/mol. The number of methoxy groups -OCH3 is 1. The molecule has 2 rings (SSSR count). The van der Waals surface area contributed by atoms with Crippen LogP contribution in [0.25, 0.3) is 11.3 Å². The van der Waals surface area contributed by atoms with Crippen LogP contribution in [0.2, 0.25) is 0 Å². The summed E-state index contributed by atoms with van der Waals surface area (Å²) >= 11 is 0. The van der Waals surface area contributed by atoms with Gasteiger partial charge < -0.3 is 19.7 Å². The number of amides is 1. The van der Waals surface area contributed by atoms with Crippen molar-refractivity contribution in [3.63, 3.8) is 0 Å². The Bertz CT molecular complexity index is 602. The summed E-state index contributed by atoms with van der Waals surface area (Å²) in [5.41, 5.74) is -0.212. The van der Waals surface area contributed by atoms with Gasteiger partial charge in [0.25, 0.3) is 0 Å². The number of aromatic nitrogens is 1. The lowest BCUT2D eigenvalue weighted by atomic mass is 10.1. The van der Waals surface area contributed by atoms with Gasteiger partial charge >= 0.3 is 0 Å². The quantitative estimate of drug-likeness (QED) is 0.829. The second-order valence-electron chi connectivity index (χ2n) is 4.56. The summed E-state index contributed by atoms with van der Waals surface area (Å²) in [4.78, 5) is 11.0. The molecule has 1 amide bonds. The molecule has 1 heterocycles. The number of rotatable bonds is 4. The molecule has 6 heteroatoms. The van der Waals surface area contributed by atoms with Crippen molar-refractivity contribution in [1.82, 2.24) is 10.5 Å². The number of nitrogens with one attached hydrogen (secondary N) is 1. The number of carbonyl (C=O) groups is 1. The van der Waals surface area contributed by atoms with Gasteiger partial charge in [0.2, 0.25) is 5.91 Å². The summed E-state index contributed by atoms with van der Waals surface area (Å²) in [6, 6.07) is 8.84. The van der Waals surface area contributed by atoms with Crippen molar-refractivity contribution in [2.75, 3.05) is 7.11 Å². The molecule has 0 unspecified atom stereocenters. The summed E-state index contributed by atoms with van der Waals surface area (Å²) in [6.45, 7) is 2.74. The molecule has 0 aliphatic rings. The first-order valence-electron chi connectivity index (χ1n) is 6.05. The van der Waals surface area contributed by atoms with Crippen molar-refractivity contribution in [3.8, 4) is 17.0 Å². The molecule has 1 atom stereocenters. The first-order chi connectivity index (χ1) is 9.42. The Morgan fingerprint density at radius 3 is 2.60 bits per heavy atom.